The molecule has 1 heterocycles. The molecule has 3 rings (SSSR count). The van der Waals surface area contributed by atoms with Crippen molar-refractivity contribution < 1.29 is 19.2 Å². The average molecular weight is 406 g/mol. The summed E-state index contributed by atoms with van der Waals surface area (Å²) in [6.07, 6.45) is 7.71. The van der Waals surface area contributed by atoms with Crippen LogP contribution in [0.3, 0.4) is 0 Å². The van der Waals surface area contributed by atoms with Gasteiger partial charge in [-0.15, -0.1) is 0 Å². The van der Waals surface area contributed by atoms with Crippen molar-refractivity contribution in [3.05, 3.63) is 17.0 Å². The van der Waals surface area contributed by atoms with Gasteiger partial charge in [0.05, 0.1) is 12.1 Å². The normalized spacial score (nSPS) is 23.1. The molecular formula is C24H39NO4. The van der Waals surface area contributed by atoms with Gasteiger partial charge in [-0.25, -0.2) is 0 Å². The van der Waals surface area contributed by atoms with Gasteiger partial charge in [0.15, 0.2) is 0 Å². The smallest absolute Gasteiger partial charge is 0.306 e. The summed E-state index contributed by atoms with van der Waals surface area (Å²) >= 11 is 0. The minimum atomic E-state index is -0.496. The number of nitrogens with zero attached hydrogens (tertiary/aromatic N) is 1. The molecule has 2 fully saturated rings. The van der Waals surface area contributed by atoms with Gasteiger partial charge in [-0.2, -0.15) is 0 Å². The van der Waals surface area contributed by atoms with Crippen molar-refractivity contribution in [2.24, 2.45) is 11.8 Å². The first kappa shape index (κ1) is 22.3. The molecule has 0 saturated heterocycles. The van der Waals surface area contributed by atoms with Gasteiger partial charge in [-0.05, 0) is 83.5 Å². The molecule has 0 unspecified atom stereocenters. The van der Waals surface area contributed by atoms with Gasteiger partial charge in [-0.1, -0.05) is 19.0 Å². The third kappa shape index (κ3) is 6.07. The van der Waals surface area contributed by atoms with E-state index in [1.54, 1.807) is 0 Å². The number of aromatic nitrogens is 1. The molecule has 0 aliphatic heterocycles. The zero-order valence-corrected chi connectivity index (χ0v) is 18.9. The van der Waals surface area contributed by atoms with Crippen LogP contribution in [0, 0.1) is 11.8 Å². The first-order valence-corrected chi connectivity index (χ1v) is 11.5. The topological polar surface area (TPSA) is 72.6 Å². The lowest BCUT2D eigenvalue weighted by Crippen LogP contribution is -2.25. The van der Waals surface area contributed by atoms with Gasteiger partial charge in [0, 0.05) is 24.0 Å². The number of esters is 1. The van der Waals surface area contributed by atoms with Crippen LogP contribution in [0.1, 0.15) is 121 Å². The van der Waals surface area contributed by atoms with Gasteiger partial charge in [0.25, 0.3) is 0 Å². The second-order valence-corrected chi connectivity index (χ2v) is 10.6. The maximum Gasteiger partial charge on any atom is 0.306 e. The molecule has 0 amide bonds. The Morgan fingerprint density at radius 3 is 2.48 bits per heavy atom. The highest BCUT2D eigenvalue weighted by atomic mass is 16.6. The Kier molecular flexibility index (Phi) is 7.08. The highest BCUT2D eigenvalue weighted by Crippen LogP contribution is 2.52. The summed E-state index contributed by atoms with van der Waals surface area (Å²) in [6.45, 7) is 10.4. The number of hydrogen-bond donors (Lipinski definition) is 1. The predicted molar refractivity (Wildman–Crippen MR) is 113 cm³/mol. The van der Waals surface area contributed by atoms with Crippen LogP contribution in [-0.4, -0.2) is 28.4 Å². The van der Waals surface area contributed by atoms with E-state index in [9.17, 15) is 9.90 Å². The lowest BCUT2D eigenvalue weighted by molar-refractivity contribution is -0.155. The van der Waals surface area contributed by atoms with Crippen LogP contribution in [-0.2, 0) is 9.53 Å². The van der Waals surface area contributed by atoms with Gasteiger partial charge in [-0.3, -0.25) is 4.79 Å². The minimum Gasteiger partial charge on any atom is -0.460 e. The number of aliphatic hydroxyl groups excluding tert-OH is 1. The van der Waals surface area contributed by atoms with E-state index in [-0.39, 0.29) is 18.5 Å². The van der Waals surface area contributed by atoms with Gasteiger partial charge >= 0.3 is 5.97 Å². The van der Waals surface area contributed by atoms with Crippen molar-refractivity contribution in [1.82, 2.24) is 5.16 Å². The van der Waals surface area contributed by atoms with Crippen LogP contribution >= 0.6 is 0 Å². The molecule has 164 valence electrons. The Hall–Kier alpha value is -1.36. The molecule has 0 spiro atoms. The molecule has 2 saturated carbocycles. The van der Waals surface area contributed by atoms with E-state index in [2.05, 4.69) is 19.0 Å². The quantitative estimate of drug-likeness (QED) is 0.507. The Morgan fingerprint density at radius 1 is 1.24 bits per heavy atom. The molecule has 0 bridgehead atoms. The fraction of sp³-hybridized carbons (Fsp3) is 0.833. The summed E-state index contributed by atoms with van der Waals surface area (Å²) in [6, 6.07) is 0. The highest BCUT2D eigenvalue weighted by Gasteiger charge is 2.41. The molecule has 1 aromatic heterocycles. The number of aliphatic hydroxyl groups is 1. The number of carbonyl (C=O) groups excluding carboxylic acids is 1. The van der Waals surface area contributed by atoms with Crippen LogP contribution < -0.4 is 0 Å². The zero-order chi connectivity index (χ0) is 21.2. The largest absolute Gasteiger partial charge is 0.460 e. The zero-order valence-electron chi connectivity index (χ0n) is 18.9. The van der Waals surface area contributed by atoms with Crippen molar-refractivity contribution in [3.8, 4) is 0 Å². The van der Waals surface area contributed by atoms with Gasteiger partial charge in [0.1, 0.15) is 11.4 Å². The molecule has 2 aliphatic carbocycles. The Bertz CT molecular complexity index is 678. The summed E-state index contributed by atoms with van der Waals surface area (Å²) in [7, 11) is 0. The molecule has 1 atom stereocenters. The van der Waals surface area contributed by atoms with Crippen molar-refractivity contribution in [2.45, 2.75) is 109 Å². The van der Waals surface area contributed by atoms with E-state index < -0.39 is 5.60 Å². The molecule has 1 aromatic rings. The minimum absolute atomic E-state index is 0.0448. The first-order valence-electron chi connectivity index (χ1n) is 11.5. The monoisotopic (exact) mass is 405 g/mol. The Morgan fingerprint density at radius 2 is 1.93 bits per heavy atom. The maximum absolute atomic E-state index is 12.5. The molecule has 0 radical (unpaired) electrons. The van der Waals surface area contributed by atoms with E-state index >= 15 is 0 Å². The number of rotatable bonds is 10. The van der Waals surface area contributed by atoms with Crippen LogP contribution in [0.4, 0.5) is 0 Å². The van der Waals surface area contributed by atoms with Crippen molar-refractivity contribution >= 4 is 5.97 Å². The number of hydrogen-bond acceptors (Lipinski definition) is 5. The molecule has 5 heteroatoms. The second-order valence-electron chi connectivity index (χ2n) is 10.6. The summed E-state index contributed by atoms with van der Waals surface area (Å²) in [5, 5.41) is 13.9. The van der Waals surface area contributed by atoms with E-state index in [1.165, 1.54) is 37.7 Å². The molecule has 1 N–H and O–H groups in total. The summed E-state index contributed by atoms with van der Waals surface area (Å²) in [5.41, 5.74) is 1.74. The second kappa shape index (κ2) is 9.20. The van der Waals surface area contributed by atoms with E-state index in [0.717, 1.165) is 29.7 Å². The Labute approximate surface area is 175 Å². The summed E-state index contributed by atoms with van der Waals surface area (Å²) in [4.78, 5) is 12.5. The van der Waals surface area contributed by atoms with Crippen LogP contribution in [0.25, 0.3) is 0 Å². The molecule has 29 heavy (non-hydrogen) atoms. The van der Waals surface area contributed by atoms with Crippen molar-refractivity contribution in [3.63, 3.8) is 0 Å². The Balaban J connectivity index is 1.76. The van der Waals surface area contributed by atoms with Crippen molar-refractivity contribution in [2.75, 3.05) is 6.61 Å². The molecular weight excluding hydrogens is 366 g/mol. The first-order chi connectivity index (χ1) is 13.7. The fourth-order valence-electron chi connectivity index (χ4n) is 4.76. The third-order valence-electron chi connectivity index (χ3n) is 6.11. The fourth-order valence-corrected chi connectivity index (χ4v) is 4.76. The molecule has 0 aromatic carbocycles. The lowest BCUT2D eigenvalue weighted by Gasteiger charge is -2.35. The predicted octanol–water partition coefficient (Wildman–Crippen LogP) is 5.68. The van der Waals surface area contributed by atoms with Gasteiger partial charge < -0.3 is 14.4 Å². The molecule has 2 aliphatic rings. The van der Waals surface area contributed by atoms with Crippen molar-refractivity contribution in [1.29, 1.82) is 0 Å². The SMILES string of the molecule is CC(C)CC1CC(c2onc([C@@H](CCCO)CC(=O)OC(C)(C)C)c2C2CC2)C1. The van der Waals surface area contributed by atoms with E-state index in [0.29, 0.717) is 24.7 Å². The third-order valence-corrected chi connectivity index (χ3v) is 6.11. The van der Waals surface area contributed by atoms with Crippen LogP contribution in [0.15, 0.2) is 4.52 Å². The van der Waals surface area contributed by atoms with Gasteiger partial charge in [0.2, 0.25) is 0 Å². The number of carbonyl (C=O) groups is 1. The molecule has 5 nitrogen and oxygen atoms in total. The summed E-state index contributed by atoms with van der Waals surface area (Å²) in [5.74, 6) is 3.39. The maximum atomic E-state index is 12.5. The highest BCUT2D eigenvalue weighted by molar-refractivity contribution is 5.71. The van der Waals surface area contributed by atoms with Crippen LogP contribution in [0.2, 0.25) is 0 Å². The lowest BCUT2D eigenvalue weighted by atomic mass is 9.69. The standard InChI is InChI=1S/C24H39NO4/c1-15(2)11-16-12-19(13-16)23-21(17-8-9-17)22(25-29-23)18(7-6-10-26)14-20(27)28-24(3,4)5/h15-19,26H,6-14H2,1-5H3/t16?,18-,19?/m0/s1. The number of ether oxygens (including phenoxy) is 1. The average Bonchev–Trinajstić information content (AvgIpc) is 3.32. The summed E-state index contributed by atoms with van der Waals surface area (Å²) < 4.78 is 11.5. The van der Waals surface area contributed by atoms with Crippen LogP contribution in [0.5, 0.6) is 0 Å². The van der Waals surface area contributed by atoms with E-state index in [1.807, 2.05) is 20.8 Å². The van der Waals surface area contributed by atoms with E-state index in [4.69, 9.17) is 9.26 Å².